The van der Waals surface area contributed by atoms with Gasteiger partial charge in [0.15, 0.2) is 11.5 Å². The smallest absolute Gasteiger partial charge is 0.268 e. The first-order valence-electron chi connectivity index (χ1n) is 16.4. The first-order chi connectivity index (χ1) is 24.6. The van der Waals surface area contributed by atoms with Gasteiger partial charge in [0.05, 0.1) is 45.9 Å². The van der Waals surface area contributed by atoms with Gasteiger partial charge in [0.2, 0.25) is 15.9 Å². The van der Waals surface area contributed by atoms with E-state index in [0.29, 0.717) is 24.8 Å². The average Bonchev–Trinajstić information content (AvgIpc) is 3.41. The van der Waals surface area contributed by atoms with E-state index in [0.717, 1.165) is 18.4 Å². The van der Waals surface area contributed by atoms with Crippen LogP contribution in [0.1, 0.15) is 66.7 Å². The van der Waals surface area contributed by atoms with E-state index in [9.17, 15) is 35.9 Å². The van der Waals surface area contributed by atoms with Gasteiger partial charge in [-0.25, -0.2) is 35.9 Å². The zero-order valence-electron chi connectivity index (χ0n) is 28.2. The molecular weight excluding hydrogens is 730 g/mol. The highest BCUT2D eigenvalue weighted by atomic mass is 35.5. The summed E-state index contributed by atoms with van der Waals surface area (Å²) in [6, 6.07) is 6.16. The minimum absolute atomic E-state index is 0.0804. The van der Waals surface area contributed by atoms with E-state index in [2.05, 4.69) is 14.8 Å². The Morgan fingerprint density at radius 2 is 1.81 bits per heavy atom. The minimum Gasteiger partial charge on any atom is -0.392 e. The molecule has 1 fully saturated rings. The molecule has 1 saturated carbocycles. The van der Waals surface area contributed by atoms with Crippen LogP contribution in [0.15, 0.2) is 41.2 Å². The molecule has 1 aliphatic rings. The maximum absolute atomic E-state index is 14.8. The highest BCUT2D eigenvalue weighted by Crippen LogP contribution is 2.41. The monoisotopic (exact) mass is 765 g/mol. The number of benzene rings is 2. The Morgan fingerprint density at radius 3 is 2.44 bits per heavy atom. The summed E-state index contributed by atoms with van der Waals surface area (Å²) in [5.41, 5.74) is 6.93. The van der Waals surface area contributed by atoms with E-state index < -0.39 is 45.8 Å². The number of fused-ring (bicyclic) bond motifs is 2. The van der Waals surface area contributed by atoms with E-state index in [1.54, 1.807) is 0 Å². The van der Waals surface area contributed by atoms with Crippen molar-refractivity contribution in [2.75, 3.05) is 24.7 Å². The fraction of sp³-hybridized carbons (Fsp3) is 0.412. The normalized spacial score (nSPS) is 15.8. The summed E-state index contributed by atoms with van der Waals surface area (Å²) in [5, 5.41) is 15.2. The molecule has 12 nitrogen and oxygen atoms in total. The van der Waals surface area contributed by atoms with Crippen LogP contribution in [-0.4, -0.2) is 63.7 Å². The quantitative estimate of drug-likeness (QED) is 0.110. The van der Waals surface area contributed by atoms with Gasteiger partial charge in [0.25, 0.3) is 5.56 Å². The number of hydrogen-bond donors (Lipinski definition) is 3. The topological polar surface area (TPSA) is 167 Å². The highest BCUT2D eigenvalue weighted by molar-refractivity contribution is 7.92. The number of aliphatic hydroxyl groups is 1. The molecule has 0 saturated heterocycles. The highest BCUT2D eigenvalue weighted by Gasteiger charge is 2.36. The number of halogens is 5. The maximum atomic E-state index is 14.8. The molecule has 5 aromatic rings. The van der Waals surface area contributed by atoms with Crippen molar-refractivity contribution in [3.05, 3.63) is 86.1 Å². The molecule has 0 radical (unpaired) electrons. The molecule has 4 N–H and O–H groups in total. The lowest BCUT2D eigenvalue weighted by atomic mass is 9.84. The molecule has 0 unspecified atom stereocenters. The molecule has 0 spiro atoms. The zero-order valence-corrected chi connectivity index (χ0v) is 29.7. The van der Waals surface area contributed by atoms with Crippen molar-refractivity contribution in [2.24, 2.45) is 5.73 Å². The van der Waals surface area contributed by atoms with Gasteiger partial charge in [-0.3, -0.25) is 18.8 Å². The predicted octanol–water partition coefficient (Wildman–Crippen LogP) is 5.50. The van der Waals surface area contributed by atoms with Crippen LogP contribution in [0.25, 0.3) is 27.6 Å². The number of pyridine rings is 1. The first kappa shape index (κ1) is 37.6. The van der Waals surface area contributed by atoms with Gasteiger partial charge in [-0.1, -0.05) is 11.6 Å². The summed E-state index contributed by atoms with van der Waals surface area (Å²) in [5.74, 6) is -5.07. The Morgan fingerprint density at radius 1 is 1.12 bits per heavy atom. The van der Waals surface area contributed by atoms with Crippen molar-refractivity contribution in [1.82, 2.24) is 24.3 Å². The van der Waals surface area contributed by atoms with Crippen molar-refractivity contribution in [3.8, 4) is 5.69 Å². The average molecular weight is 766 g/mol. The Hall–Kier alpha value is -4.16. The molecule has 3 aromatic heterocycles. The van der Waals surface area contributed by atoms with Crippen LogP contribution in [0.4, 0.5) is 23.4 Å². The van der Waals surface area contributed by atoms with Gasteiger partial charge < -0.3 is 15.6 Å². The summed E-state index contributed by atoms with van der Waals surface area (Å²) in [6.07, 6.45) is 0.746. The number of aryl methyl sites for hydroxylation is 1. The lowest BCUT2D eigenvalue weighted by molar-refractivity contribution is -0.0384. The molecule has 3 heterocycles. The van der Waals surface area contributed by atoms with Gasteiger partial charge in [-0.2, -0.15) is 5.10 Å². The third-order valence-corrected chi connectivity index (χ3v) is 9.93. The van der Waals surface area contributed by atoms with E-state index in [1.807, 2.05) is 0 Å². The van der Waals surface area contributed by atoms with Gasteiger partial charge in [-0.05, 0) is 67.1 Å². The first-order valence-corrected chi connectivity index (χ1v) is 18.7. The van der Waals surface area contributed by atoms with E-state index in [1.165, 1.54) is 34.6 Å². The van der Waals surface area contributed by atoms with Crippen molar-refractivity contribution in [2.45, 2.75) is 69.6 Å². The Labute approximate surface area is 300 Å². The number of aromatic nitrogens is 5. The van der Waals surface area contributed by atoms with Crippen molar-refractivity contribution in [1.29, 1.82) is 0 Å². The molecule has 6 rings (SSSR count). The van der Waals surface area contributed by atoms with Crippen LogP contribution in [0.5, 0.6) is 0 Å². The number of nitrogens with zero attached hydrogens (tertiary/aromatic N) is 5. The number of nitrogens with two attached hydrogens (primary N) is 1. The molecule has 0 bridgehead atoms. The van der Waals surface area contributed by atoms with E-state index in [4.69, 9.17) is 27.1 Å². The number of anilines is 1. The number of rotatable bonds is 12. The third-order valence-electron chi connectivity index (χ3n) is 9.05. The second-order valence-corrected chi connectivity index (χ2v) is 15.1. The van der Waals surface area contributed by atoms with Crippen molar-refractivity contribution < 1.29 is 35.8 Å². The largest absolute Gasteiger partial charge is 0.392 e. The molecule has 1 aliphatic carbocycles. The fourth-order valence-electron chi connectivity index (χ4n) is 6.73. The Balaban J connectivity index is 1.64. The van der Waals surface area contributed by atoms with Crippen LogP contribution >= 0.6 is 11.6 Å². The summed E-state index contributed by atoms with van der Waals surface area (Å²) < 4.78 is 91.5. The van der Waals surface area contributed by atoms with Crippen LogP contribution in [0.2, 0.25) is 5.02 Å². The number of methoxy groups -OCH3 is 1. The summed E-state index contributed by atoms with van der Waals surface area (Å²) in [7, 11) is -2.34. The minimum atomic E-state index is -3.85. The molecule has 52 heavy (non-hydrogen) atoms. The van der Waals surface area contributed by atoms with Crippen molar-refractivity contribution in [3.63, 3.8) is 0 Å². The number of aliphatic hydroxyl groups excluding tert-OH is 1. The van der Waals surface area contributed by atoms with Crippen LogP contribution in [-0.2, 0) is 34.3 Å². The van der Waals surface area contributed by atoms with Crippen molar-refractivity contribution >= 4 is 49.4 Å². The number of nitrogens with one attached hydrogen (secondary N) is 1. The fourth-order valence-corrected chi connectivity index (χ4v) is 7.47. The van der Waals surface area contributed by atoms with Crippen LogP contribution < -0.4 is 16.0 Å². The Bertz CT molecular complexity index is 2310. The molecule has 1 atom stereocenters. The molecule has 2 aromatic carbocycles. The lowest BCUT2D eigenvalue weighted by Gasteiger charge is -2.28. The Kier molecular flexibility index (Phi) is 10.6. The van der Waals surface area contributed by atoms with Crippen LogP contribution in [0.3, 0.4) is 0 Å². The second kappa shape index (κ2) is 14.7. The second-order valence-electron chi connectivity index (χ2n) is 13.0. The standard InChI is InChI=1S/C34H36ClF4N7O5S/c1-51-11-3-10-45-29-26(5-4-23(35)28(29)31(43-45)44-52(2,49)50)46-32(24(40)14-18-12-21(36)16-22(37)13-18)42-30-27(33(46)48)20(17-47)15-25(41-30)19-6-8-34(38,39)9-7-19/h4-5,12-13,15-16,19,24,47H,3,6-11,14,17,40H2,1-2H3,(H,43,44)/t24-/m0/s1. The molecular formula is C34H36ClF4N7O5S. The van der Waals surface area contributed by atoms with Gasteiger partial charge in [0.1, 0.15) is 17.5 Å². The van der Waals surface area contributed by atoms with Gasteiger partial charge in [-0.15, -0.1) is 0 Å². The van der Waals surface area contributed by atoms with E-state index in [-0.39, 0.29) is 100.0 Å². The number of sulfonamides is 1. The number of hydrogen-bond acceptors (Lipinski definition) is 9. The lowest BCUT2D eigenvalue weighted by Crippen LogP contribution is -2.31. The third kappa shape index (κ3) is 7.78. The molecule has 0 aliphatic heterocycles. The van der Waals surface area contributed by atoms with Gasteiger partial charge in [0, 0.05) is 50.8 Å². The summed E-state index contributed by atoms with van der Waals surface area (Å²) >= 11 is 6.65. The summed E-state index contributed by atoms with van der Waals surface area (Å²) in [6.45, 7) is -0.111. The van der Waals surface area contributed by atoms with E-state index >= 15 is 0 Å². The molecule has 278 valence electrons. The number of alkyl halides is 2. The zero-order chi connectivity index (χ0) is 37.5. The predicted molar refractivity (Wildman–Crippen MR) is 187 cm³/mol. The number of ether oxygens (including phenoxy) is 1. The maximum Gasteiger partial charge on any atom is 0.268 e. The molecule has 18 heteroatoms. The van der Waals surface area contributed by atoms with Crippen LogP contribution in [0, 0.1) is 11.6 Å². The summed E-state index contributed by atoms with van der Waals surface area (Å²) in [4.78, 5) is 24.2. The SMILES string of the molecule is COCCCn1nc(NS(C)(=O)=O)c2c(Cl)ccc(-n3c([C@@H](N)Cc4cc(F)cc(F)c4)nc4nc(C5CCC(F)(F)CC5)cc(CO)c4c3=O)c21. The molecule has 0 amide bonds. The van der Waals surface area contributed by atoms with Gasteiger partial charge >= 0.3 is 0 Å².